The molecule has 1 saturated carbocycles. The van der Waals surface area contributed by atoms with E-state index >= 15 is 0 Å². The number of amides is 1. The van der Waals surface area contributed by atoms with Gasteiger partial charge in [-0.3, -0.25) is 9.55 Å². The van der Waals surface area contributed by atoms with Gasteiger partial charge in [0, 0.05) is 17.8 Å². The van der Waals surface area contributed by atoms with Crippen molar-refractivity contribution in [2.24, 2.45) is 0 Å². The van der Waals surface area contributed by atoms with Crippen LogP contribution in [0.5, 0.6) is 5.75 Å². The Morgan fingerprint density at radius 3 is 2.44 bits per heavy atom. The average Bonchev–Trinajstić information content (AvgIpc) is 3.47. The summed E-state index contributed by atoms with van der Waals surface area (Å²) in [5.41, 5.74) is 2.42. The summed E-state index contributed by atoms with van der Waals surface area (Å²) < 4.78 is 8.54. The smallest absolute Gasteiger partial charge is 0.408 e. The van der Waals surface area contributed by atoms with Crippen molar-refractivity contribution in [2.75, 3.05) is 26.7 Å². The number of rotatable bonds is 8. The maximum atomic E-state index is 12.1. The first-order valence-electron chi connectivity index (χ1n) is 14.7. The number of benzene rings is 1. The van der Waals surface area contributed by atoms with E-state index in [1.54, 1.807) is 12.4 Å². The monoisotopic (exact) mass is 816 g/mol. The van der Waals surface area contributed by atoms with Gasteiger partial charge in [0.05, 0.1) is 21.2 Å². The molecule has 1 aliphatic carbocycles. The number of alkyl carbamates (subject to hydrolysis) is 1. The van der Waals surface area contributed by atoms with Crippen LogP contribution < -0.4 is 10.1 Å². The minimum atomic E-state index is -1.24. The predicted molar refractivity (Wildman–Crippen MR) is 219 cm³/mol. The minimum Gasteiger partial charge on any atom is -0.486 e. The molecule has 258 valence electrons. The highest BCUT2D eigenvalue weighted by Crippen LogP contribution is 2.73. The van der Waals surface area contributed by atoms with Crippen LogP contribution in [0.4, 0.5) is 4.79 Å². The lowest BCUT2D eigenvalue weighted by Gasteiger charge is -2.42. The molecule has 2 unspecified atom stereocenters. The lowest BCUT2D eigenvalue weighted by molar-refractivity contribution is 0.147. The van der Waals surface area contributed by atoms with E-state index < -0.39 is 27.7 Å². The Morgan fingerprint density at radius 1 is 1.08 bits per heavy atom. The van der Waals surface area contributed by atoms with Gasteiger partial charge in [0.15, 0.2) is 17.6 Å². The number of carbonyl (C=O) groups is 1. The molecule has 2 atom stereocenters. The number of hydrogen-bond donors (Lipinski definition) is 9. The van der Waals surface area contributed by atoms with Crippen LogP contribution in [0.25, 0.3) is 5.69 Å². The molecule has 0 radical (unpaired) electrons. The number of ether oxygens (including phenoxy) is 2. The zero-order chi connectivity index (χ0) is 34.9. The number of aryl methyl sites for hydroxylation is 1. The Bertz CT molecular complexity index is 1690. The van der Waals surface area contributed by atoms with Crippen molar-refractivity contribution >= 4 is 119 Å². The molecule has 1 N–H and O–H groups in total. The first-order valence-corrected chi connectivity index (χ1v) is 19.2. The summed E-state index contributed by atoms with van der Waals surface area (Å²) in [5.74, 6) is 7.13. The summed E-state index contributed by atoms with van der Waals surface area (Å²) >= 11 is 39.8. The van der Waals surface area contributed by atoms with Crippen LogP contribution in [-0.4, -0.2) is 85.1 Å². The third-order valence-electron chi connectivity index (χ3n) is 8.21. The van der Waals surface area contributed by atoms with Crippen LogP contribution in [0.3, 0.4) is 0 Å². The summed E-state index contributed by atoms with van der Waals surface area (Å²) in [4.78, 5) is 18.7. The maximum Gasteiger partial charge on any atom is 0.408 e. The number of aromatic nitrogens is 4. The first kappa shape index (κ1) is 38.5. The van der Waals surface area contributed by atoms with Crippen LogP contribution in [0.1, 0.15) is 29.8 Å². The van der Waals surface area contributed by atoms with E-state index in [9.17, 15) is 4.79 Å². The van der Waals surface area contributed by atoms with Crippen LogP contribution in [0.2, 0.25) is 0 Å². The molecule has 3 aromatic rings. The van der Waals surface area contributed by atoms with Gasteiger partial charge in [-0.2, -0.15) is 101 Å². The molecule has 9 nitrogen and oxygen atoms in total. The van der Waals surface area contributed by atoms with Gasteiger partial charge in [-0.25, -0.2) is 4.79 Å². The minimum absolute atomic E-state index is 0.00444. The van der Waals surface area contributed by atoms with Gasteiger partial charge >= 0.3 is 6.09 Å². The van der Waals surface area contributed by atoms with Crippen LogP contribution in [-0.2, 0) is 11.3 Å². The third-order valence-corrected chi connectivity index (χ3v) is 17.9. The SMILES string of the molecule is Cc1cc(OCc2nnc(SC3(S)C(S)C(S)(S)C(S)(S)C3(S)S)n2-c2cccnc2)ccc1C#CCOC(=O)NC1CCN(C)CC1. The molecule has 1 aromatic carbocycles. The standard InChI is InChI=1S/C30H36N6O3S9/c1-18-15-22(8-7-19(18)5-4-14-38-26(37)32-20-9-12-35(2)13-10-20)39-17-23-33-34-25(36(23)21-6-3-11-31-16-21)48-28(43)24(40)27(41,42)29(44,45)30(28,46)47/h3,6-8,11,15-16,20,24,40-47H,9-10,12-14,17H2,1-2H3,(H,32,37). The molecule has 5 rings (SSSR count). The summed E-state index contributed by atoms with van der Waals surface area (Å²) in [5, 5.41) is 11.7. The summed E-state index contributed by atoms with van der Waals surface area (Å²) in [6.45, 7) is 3.94. The number of carbonyl (C=O) groups excluding carboxylic acids is 1. The summed E-state index contributed by atoms with van der Waals surface area (Å²) in [6, 6.07) is 9.42. The normalized spacial score (nSPS) is 23.2. The Balaban J connectivity index is 1.27. The number of hydrogen-bond acceptors (Lipinski definition) is 16. The van der Waals surface area contributed by atoms with Crippen molar-refractivity contribution in [3.63, 3.8) is 0 Å². The molecule has 2 aromatic heterocycles. The molecule has 2 aliphatic rings. The fraction of sp³-hybridized carbons (Fsp3) is 0.467. The lowest BCUT2D eigenvalue weighted by atomic mass is 10.1. The van der Waals surface area contributed by atoms with E-state index in [1.807, 2.05) is 41.8 Å². The quantitative estimate of drug-likeness (QED) is 0.0847. The van der Waals surface area contributed by atoms with Gasteiger partial charge in [-0.15, -0.1) is 10.2 Å². The van der Waals surface area contributed by atoms with Gasteiger partial charge < -0.3 is 19.7 Å². The average molecular weight is 817 g/mol. The van der Waals surface area contributed by atoms with E-state index in [0.29, 0.717) is 22.4 Å². The Labute approximate surface area is 329 Å². The van der Waals surface area contributed by atoms with Gasteiger partial charge in [0.25, 0.3) is 0 Å². The second-order valence-corrected chi connectivity index (χ2v) is 19.5. The van der Waals surface area contributed by atoms with Gasteiger partial charge in [0.1, 0.15) is 24.6 Å². The fourth-order valence-corrected chi connectivity index (χ4v) is 11.3. The third kappa shape index (κ3) is 7.70. The molecular weight excluding hydrogens is 781 g/mol. The molecule has 3 heterocycles. The van der Waals surface area contributed by atoms with Crippen molar-refractivity contribution in [1.82, 2.24) is 30.0 Å². The van der Waals surface area contributed by atoms with Crippen molar-refractivity contribution in [3.8, 4) is 23.3 Å². The van der Waals surface area contributed by atoms with Crippen molar-refractivity contribution in [3.05, 3.63) is 59.7 Å². The Morgan fingerprint density at radius 2 is 1.81 bits per heavy atom. The summed E-state index contributed by atoms with van der Waals surface area (Å²) in [6.07, 6.45) is 4.76. The van der Waals surface area contributed by atoms with Gasteiger partial charge in [-0.05, 0) is 75.8 Å². The number of likely N-dealkylation sites (tertiary alicyclic amines) is 1. The Hall–Kier alpha value is -0.750. The van der Waals surface area contributed by atoms with E-state index in [4.69, 9.17) is 111 Å². The number of nitrogens with zero attached hydrogens (tertiary/aromatic N) is 5. The van der Waals surface area contributed by atoms with Gasteiger partial charge in [0.2, 0.25) is 0 Å². The number of thioether (sulfide) groups is 1. The second kappa shape index (κ2) is 15.5. The lowest BCUT2D eigenvalue weighted by Crippen LogP contribution is -2.47. The number of piperidine rings is 1. The van der Waals surface area contributed by atoms with E-state index in [1.165, 1.54) is 11.8 Å². The molecule has 0 bridgehead atoms. The molecule has 18 heteroatoms. The Kier molecular flexibility index (Phi) is 12.4. The van der Waals surface area contributed by atoms with Crippen LogP contribution >= 0.6 is 113 Å². The number of nitrogens with one attached hydrogen (secondary N) is 1. The second-order valence-electron chi connectivity index (χ2n) is 11.6. The predicted octanol–water partition coefficient (Wildman–Crippen LogP) is 5.42. The zero-order valence-corrected chi connectivity index (χ0v) is 33.9. The topological polar surface area (TPSA) is 94.4 Å². The van der Waals surface area contributed by atoms with Crippen molar-refractivity contribution < 1.29 is 14.3 Å². The summed E-state index contributed by atoms with van der Waals surface area (Å²) in [7, 11) is 2.08. The molecule has 1 amide bonds. The van der Waals surface area contributed by atoms with Crippen molar-refractivity contribution in [2.45, 2.75) is 59.1 Å². The highest BCUT2D eigenvalue weighted by atomic mass is 32.2. The fourth-order valence-electron chi connectivity index (χ4n) is 5.24. The molecule has 2 fully saturated rings. The zero-order valence-electron chi connectivity index (χ0n) is 25.9. The molecular formula is C30H36N6O3S9. The van der Waals surface area contributed by atoms with E-state index in [2.05, 4.69) is 44.3 Å². The molecule has 48 heavy (non-hydrogen) atoms. The highest BCUT2D eigenvalue weighted by Gasteiger charge is 2.75. The highest BCUT2D eigenvalue weighted by molar-refractivity contribution is 8.19. The van der Waals surface area contributed by atoms with E-state index in [-0.39, 0.29) is 19.3 Å². The largest absolute Gasteiger partial charge is 0.486 e. The molecule has 0 spiro atoms. The van der Waals surface area contributed by atoms with Crippen LogP contribution in [0, 0.1) is 18.8 Å². The first-order chi connectivity index (χ1) is 22.6. The maximum absolute atomic E-state index is 12.1. The van der Waals surface area contributed by atoms with E-state index in [0.717, 1.165) is 37.1 Å². The van der Waals surface area contributed by atoms with Crippen molar-refractivity contribution in [1.29, 1.82) is 0 Å². The van der Waals surface area contributed by atoms with Gasteiger partial charge in [-0.1, -0.05) is 23.6 Å². The van der Waals surface area contributed by atoms with Crippen LogP contribution in [0.15, 0.2) is 47.9 Å². The molecule has 1 aliphatic heterocycles. The number of thiol groups is 8. The number of pyridine rings is 1. The molecule has 1 saturated heterocycles.